The molecule has 12 heavy (non-hydrogen) atoms. The fourth-order valence-electron chi connectivity index (χ4n) is 1.26. The van der Waals surface area contributed by atoms with Gasteiger partial charge in [0.1, 0.15) is 0 Å². The standard InChI is InChI=1S/C8H15BrN2O/c1-10(2)3-4-11-6-7(9)5-8(11)12/h7H,3-6H2,1-2H3. The van der Waals surface area contributed by atoms with Crippen LogP contribution in [0.15, 0.2) is 0 Å². The van der Waals surface area contributed by atoms with Crippen LogP contribution in [0, 0.1) is 0 Å². The Hall–Kier alpha value is -0.0900. The molecule has 0 aliphatic carbocycles. The lowest BCUT2D eigenvalue weighted by Gasteiger charge is -2.18. The number of likely N-dealkylation sites (tertiary alicyclic amines) is 1. The number of carbonyl (C=O) groups is 1. The van der Waals surface area contributed by atoms with E-state index < -0.39 is 0 Å². The van der Waals surface area contributed by atoms with Gasteiger partial charge in [0.2, 0.25) is 5.91 Å². The van der Waals surface area contributed by atoms with Gasteiger partial charge in [0.25, 0.3) is 0 Å². The molecular formula is C8H15BrN2O. The first-order chi connectivity index (χ1) is 5.59. The molecule has 1 aliphatic rings. The van der Waals surface area contributed by atoms with E-state index in [0.29, 0.717) is 11.2 Å². The third kappa shape index (κ3) is 2.75. The van der Waals surface area contributed by atoms with Crippen molar-refractivity contribution in [1.29, 1.82) is 0 Å². The van der Waals surface area contributed by atoms with E-state index in [2.05, 4.69) is 20.8 Å². The Morgan fingerprint density at radius 3 is 2.75 bits per heavy atom. The van der Waals surface area contributed by atoms with Crippen LogP contribution in [-0.4, -0.2) is 54.3 Å². The van der Waals surface area contributed by atoms with Crippen LogP contribution < -0.4 is 0 Å². The molecule has 0 N–H and O–H groups in total. The lowest BCUT2D eigenvalue weighted by atomic mass is 10.4. The zero-order valence-corrected chi connectivity index (χ0v) is 9.17. The Labute approximate surface area is 81.8 Å². The largest absolute Gasteiger partial charge is 0.340 e. The Kier molecular flexibility index (Phi) is 3.53. The van der Waals surface area contributed by atoms with Crippen molar-refractivity contribution in [2.45, 2.75) is 11.2 Å². The summed E-state index contributed by atoms with van der Waals surface area (Å²) in [5, 5.41) is 0. The van der Waals surface area contributed by atoms with Gasteiger partial charge in [-0.15, -0.1) is 0 Å². The third-order valence-corrected chi connectivity index (χ3v) is 2.60. The molecule has 0 radical (unpaired) electrons. The second-order valence-electron chi connectivity index (χ2n) is 3.44. The molecule has 1 atom stereocenters. The van der Waals surface area contributed by atoms with E-state index in [0.717, 1.165) is 19.6 Å². The number of carbonyl (C=O) groups excluding carboxylic acids is 1. The lowest BCUT2D eigenvalue weighted by molar-refractivity contribution is -0.127. The minimum atomic E-state index is 0.277. The summed E-state index contributed by atoms with van der Waals surface area (Å²) < 4.78 is 0. The van der Waals surface area contributed by atoms with Gasteiger partial charge in [-0.1, -0.05) is 15.9 Å². The highest BCUT2D eigenvalue weighted by atomic mass is 79.9. The first-order valence-corrected chi connectivity index (χ1v) is 5.07. The van der Waals surface area contributed by atoms with Crippen LogP contribution in [0.2, 0.25) is 0 Å². The summed E-state index contributed by atoms with van der Waals surface area (Å²) >= 11 is 3.45. The van der Waals surface area contributed by atoms with E-state index >= 15 is 0 Å². The summed E-state index contributed by atoms with van der Waals surface area (Å²) in [6.45, 7) is 2.67. The van der Waals surface area contributed by atoms with Crippen LogP contribution in [0.5, 0.6) is 0 Å². The molecule has 70 valence electrons. The third-order valence-electron chi connectivity index (χ3n) is 1.98. The van der Waals surface area contributed by atoms with Gasteiger partial charge in [-0.3, -0.25) is 4.79 Å². The van der Waals surface area contributed by atoms with Crippen LogP contribution in [0.4, 0.5) is 0 Å². The summed E-state index contributed by atoms with van der Waals surface area (Å²) in [6, 6.07) is 0. The number of hydrogen-bond acceptors (Lipinski definition) is 2. The van der Waals surface area contributed by atoms with Gasteiger partial charge >= 0.3 is 0 Å². The molecule has 0 aromatic carbocycles. The molecule has 0 saturated carbocycles. The van der Waals surface area contributed by atoms with Gasteiger partial charge in [-0.05, 0) is 14.1 Å². The van der Waals surface area contributed by atoms with Gasteiger partial charge in [-0.2, -0.15) is 0 Å². The summed E-state index contributed by atoms with van der Waals surface area (Å²) in [6.07, 6.45) is 0.660. The molecule has 1 fully saturated rings. The number of halogens is 1. The Balaban J connectivity index is 2.28. The van der Waals surface area contributed by atoms with Crippen molar-refractivity contribution in [2.75, 3.05) is 33.7 Å². The molecular weight excluding hydrogens is 220 g/mol. The van der Waals surface area contributed by atoms with Gasteiger partial charge < -0.3 is 9.80 Å². The quantitative estimate of drug-likeness (QED) is 0.667. The van der Waals surface area contributed by atoms with Crippen LogP contribution in [0.1, 0.15) is 6.42 Å². The normalized spacial score (nSPS) is 24.2. The van der Waals surface area contributed by atoms with Crippen molar-refractivity contribution in [3.63, 3.8) is 0 Å². The van der Waals surface area contributed by atoms with Crippen LogP contribution in [0.25, 0.3) is 0 Å². The van der Waals surface area contributed by atoms with Crippen molar-refractivity contribution in [3.8, 4) is 0 Å². The van der Waals surface area contributed by atoms with E-state index in [4.69, 9.17) is 0 Å². The predicted molar refractivity (Wildman–Crippen MR) is 52.5 cm³/mol. The van der Waals surface area contributed by atoms with Gasteiger partial charge in [-0.25, -0.2) is 0 Å². The van der Waals surface area contributed by atoms with Gasteiger partial charge in [0, 0.05) is 30.9 Å². The molecule has 0 aromatic heterocycles. The maximum Gasteiger partial charge on any atom is 0.223 e. The van der Waals surface area contributed by atoms with Crippen molar-refractivity contribution in [3.05, 3.63) is 0 Å². The number of likely N-dealkylation sites (N-methyl/N-ethyl adjacent to an activating group) is 1. The number of nitrogens with zero attached hydrogens (tertiary/aromatic N) is 2. The molecule has 0 aromatic rings. The van der Waals surface area contributed by atoms with E-state index in [-0.39, 0.29) is 5.91 Å². The van der Waals surface area contributed by atoms with Gasteiger partial charge in [0.15, 0.2) is 0 Å². The Morgan fingerprint density at radius 1 is 1.67 bits per heavy atom. The fourth-order valence-corrected chi connectivity index (χ4v) is 1.89. The van der Waals surface area contributed by atoms with Crippen molar-refractivity contribution < 1.29 is 4.79 Å². The first-order valence-electron chi connectivity index (χ1n) is 4.16. The highest BCUT2D eigenvalue weighted by molar-refractivity contribution is 9.09. The summed E-state index contributed by atoms with van der Waals surface area (Å²) in [5.41, 5.74) is 0. The monoisotopic (exact) mass is 234 g/mol. The molecule has 1 unspecified atom stereocenters. The van der Waals surface area contributed by atoms with E-state index in [1.165, 1.54) is 0 Å². The molecule has 1 aliphatic heterocycles. The van der Waals surface area contributed by atoms with Crippen molar-refractivity contribution in [1.82, 2.24) is 9.80 Å². The number of alkyl halides is 1. The SMILES string of the molecule is CN(C)CCN1CC(Br)CC1=O. The molecule has 1 heterocycles. The van der Waals surface area contributed by atoms with Crippen LogP contribution in [0.3, 0.4) is 0 Å². The first kappa shape index (κ1) is 9.99. The Bertz CT molecular complexity index is 172. The molecule has 0 spiro atoms. The van der Waals surface area contributed by atoms with E-state index in [1.54, 1.807) is 0 Å². The minimum absolute atomic E-state index is 0.277. The molecule has 3 nitrogen and oxygen atoms in total. The molecule has 0 bridgehead atoms. The smallest absolute Gasteiger partial charge is 0.223 e. The average Bonchev–Trinajstić information content (AvgIpc) is 2.26. The zero-order valence-electron chi connectivity index (χ0n) is 7.59. The fraction of sp³-hybridized carbons (Fsp3) is 0.875. The number of amides is 1. The maximum atomic E-state index is 11.3. The summed E-state index contributed by atoms with van der Waals surface area (Å²) in [5.74, 6) is 0.277. The number of hydrogen-bond donors (Lipinski definition) is 0. The summed E-state index contributed by atoms with van der Waals surface area (Å²) in [7, 11) is 4.04. The van der Waals surface area contributed by atoms with Crippen molar-refractivity contribution >= 4 is 21.8 Å². The van der Waals surface area contributed by atoms with E-state index in [1.807, 2.05) is 19.0 Å². The highest BCUT2D eigenvalue weighted by Crippen LogP contribution is 2.17. The summed E-state index contributed by atoms with van der Waals surface area (Å²) in [4.78, 5) is 15.7. The molecule has 1 rings (SSSR count). The van der Waals surface area contributed by atoms with Crippen LogP contribution in [-0.2, 0) is 4.79 Å². The van der Waals surface area contributed by atoms with Gasteiger partial charge in [0.05, 0.1) is 0 Å². The zero-order chi connectivity index (χ0) is 9.14. The highest BCUT2D eigenvalue weighted by Gasteiger charge is 2.26. The second kappa shape index (κ2) is 4.23. The predicted octanol–water partition coefficient (Wildman–Crippen LogP) is 0.544. The second-order valence-corrected chi connectivity index (χ2v) is 4.74. The maximum absolute atomic E-state index is 11.3. The van der Waals surface area contributed by atoms with Crippen molar-refractivity contribution in [2.24, 2.45) is 0 Å². The van der Waals surface area contributed by atoms with E-state index in [9.17, 15) is 4.79 Å². The average molecular weight is 235 g/mol. The minimum Gasteiger partial charge on any atom is -0.340 e. The molecule has 4 heteroatoms. The number of rotatable bonds is 3. The lowest BCUT2D eigenvalue weighted by Crippen LogP contribution is -2.32. The Morgan fingerprint density at radius 2 is 2.33 bits per heavy atom. The topological polar surface area (TPSA) is 23.6 Å². The molecule has 1 amide bonds. The van der Waals surface area contributed by atoms with Crippen LogP contribution >= 0.6 is 15.9 Å². The molecule has 1 saturated heterocycles.